The SMILES string of the molecule is CC(=O)CNC(=O)c1ccc(Cc2cc([C@@H]3O[C@H](COCc4ccccc4)[C@@H](OCc4ccccc4)[C@H](OCc4ccccc4)[C@H]3OCc3ccccc3)ccc2Cl)nn1. The lowest BCUT2D eigenvalue weighted by Crippen LogP contribution is -2.58. The van der Waals surface area contributed by atoms with Crippen molar-refractivity contribution in [2.24, 2.45) is 0 Å². The molecular weight excluding hydrogens is 778 g/mol. The van der Waals surface area contributed by atoms with Crippen LogP contribution in [0.3, 0.4) is 0 Å². The predicted molar refractivity (Wildman–Crippen MR) is 228 cm³/mol. The number of ether oxygens (including phenoxy) is 5. The fourth-order valence-corrected chi connectivity index (χ4v) is 7.21. The van der Waals surface area contributed by atoms with Crippen LogP contribution < -0.4 is 5.32 Å². The van der Waals surface area contributed by atoms with Crippen molar-refractivity contribution >= 4 is 23.3 Å². The molecule has 7 rings (SSSR count). The first kappa shape index (κ1) is 42.5. The smallest absolute Gasteiger partial charge is 0.272 e. The quantitative estimate of drug-likeness (QED) is 0.0859. The molecule has 0 unspecified atom stereocenters. The highest BCUT2D eigenvalue weighted by molar-refractivity contribution is 6.31. The summed E-state index contributed by atoms with van der Waals surface area (Å²) in [5.41, 5.74) is 6.39. The van der Waals surface area contributed by atoms with E-state index in [1.54, 1.807) is 12.1 Å². The fraction of sp³-hybridized carbons (Fsp3) is 0.265. The Morgan fingerprint density at radius 1 is 0.633 bits per heavy atom. The number of aromatic nitrogens is 2. The predicted octanol–water partition coefficient (Wildman–Crippen LogP) is 8.45. The van der Waals surface area contributed by atoms with Crippen molar-refractivity contribution in [3.8, 4) is 0 Å². The third-order valence-electron chi connectivity index (χ3n) is 10.1. The Balaban J connectivity index is 1.23. The molecule has 5 aromatic carbocycles. The van der Waals surface area contributed by atoms with Crippen molar-refractivity contribution in [1.82, 2.24) is 15.5 Å². The molecule has 1 aliphatic rings. The standard InChI is InChI=1S/C49H48ClN3O7/c1-34(54)28-51-49(55)43-25-23-41(52-53-43)27-40-26-39(22-24-42(40)50)45-47(58-31-37-18-10-4-11-19-37)48(59-32-38-20-12-5-13-21-38)46(57-30-36-16-8-3-9-17-36)44(60-45)33-56-29-35-14-6-2-7-15-35/h2-26,44-48H,27-33H2,1H3,(H,51,55)/t44-,45+,46-,47+,48+/m1/s1. The van der Waals surface area contributed by atoms with Crippen LogP contribution in [0.15, 0.2) is 152 Å². The molecule has 0 bridgehead atoms. The monoisotopic (exact) mass is 825 g/mol. The van der Waals surface area contributed by atoms with Gasteiger partial charge in [0.05, 0.1) is 45.3 Å². The molecule has 2 heterocycles. The summed E-state index contributed by atoms with van der Waals surface area (Å²) in [4.78, 5) is 23.8. The number of ketones is 1. The first-order chi connectivity index (χ1) is 29.4. The molecule has 1 amide bonds. The van der Waals surface area contributed by atoms with Gasteiger partial charge in [0.25, 0.3) is 5.91 Å². The van der Waals surface area contributed by atoms with Crippen molar-refractivity contribution in [1.29, 1.82) is 0 Å². The number of carbonyl (C=O) groups is 2. The summed E-state index contributed by atoms with van der Waals surface area (Å²) >= 11 is 6.86. The second kappa shape index (κ2) is 21.6. The molecular formula is C49H48ClN3O7. The van der Waals surface area contributed by atoms with Crippen molar-refractivity contribution < 1.29 is 33.3 Å². The van der Waals surface area contributed by atoms with E-state index in [1.807, 2.05) is 140 Å². The summed E-state index contributed by atoms with van der Waals surface area (Å²) in [5.74, 6) is -0.634. The Morgan fingerprint density at radius 2 is 1.17 bits per heavy atom. The van der Waals surface area contributed by atoms with Crippen molar-refractivity contribution in [3.05, 3.63) is 201 Å². The Bertz CT molecular complexity index is 2250. The lowest BCUT2D eigenvalue weighted by molar-refractivity contribution is -0.275. The highest BCUT2D eigenvalue weighted by atomic mass is 35.5. The summed E-state index contributed by atoms with van der Waals surface area (Å²) in [5, 5.41) is 11.5. The molecule has 1 aromatic heterocycles. The maximum absolute atomic E-state index is 12.5. The van der Waals surface area contributed by atoms with Gasteiger partial charge in [0.15, 0.2) is 5.69 Å². The van der Waals surface area contributed by atoms with Gasteiger partial charge in [-0.25, -0.2) is 0 Å². The van der Waals surface area contributed by atoms with Gasteiger partial charge in [-0.2, -0.15) is 5.10 Å². The van der Waals surface area contributed by atoms with Gasteiger partial charge in [-0.15, -0.1) is 5.10 Å². The largest absolute Gasteiger partial charge is 0.374 e. The number of carbonyl (C=O) groups excluding carboxylic acids is 2. The number of halogens is 1. The van der Waals surface area contributed by atoms with Gasteiger partial charge in [0, 0.05) is 11.4 Å². The molecule has 0 radical (unpaired) electrons. The molecule has 0 saturated carbocycles. The first-order valence-electron chi connectivity index (χ1n) is 20.0. The van der Waals surface area contributed by atoms with Crippen LogP contribution in [0.4, 0.5) is 0 Å². The van der Waals surface area contributed by atoms with Crippen LogP contribution >= 0.6 is 11.6 Å². The minimum Gasteiger partial charge on any atom is -0.374 e. The lowest BCUT2D eigenvalue weighted by atomic mass is 9.89. The Hall–Kier alpha value is -5.59. The average Bonchev–Trinajstić information content (AvgIpc) is 3.28. The van der Waals surface area contributed by atoms with Gasteiger partial charge in [0.2, 0.25) is 0 Å². The van der Waals surface area contributed by atoms with Crippen LogP contribution in [0.2, 0.25) is 5.02 Å². The molecule has 0 spiro atoms. The minimum atomic E-state index is -0.637. The summed E-state index contributed by atoms with van der Waals surface area (Å²) in [7, 11) is 0. The van der Waals surface area contributed by atoms with Gasteiger partial charge in [-0.3, -0.25) is 9.59 Å². The number of benzene rings is 5. The molecule has 1 aliphatic heterocycles. The normalized spacial score (nSPS) is 18.8. The maximum atomic E-state index is 12.5. The minimum absolute atomic E-state index is 0.0813. The van der Waals surface area contributed by atoms with E-state index < -0.39 is 36.4 Å². The first-order valence-corrected chi connectivity index (χ1v) is 20.4. The molecule has 1 N–H and O–H groups in total. The fourth-order valence-electron chi connectivity index (χ4n) is 7.03. The van der Waals surface area contributed by atoms with Gasteiger partial charge in [-0.1, -0.05) is 145 Å². The summed E-state index contributed by atoms with van der Waals surface area (Å²) in [6.45, 7) is 2.89. The highest BCUT2D eigenvalue weighted by Crippen LogP contribution is 2.40. The van der Waals surface area contributed by atoms with Gasteiger partial charge < -0.3 is 29.0 Å². The van der Waals surface area contributed by atoms with Crippen LogP contribution in [0.25, 0.3) is 0 Å². The van der Waals surface area contributed by atoms with E-state index in [-0.39, 0.29) is 24.6 Å². The molecule has 1 saturated heterocycles. The maximum Gasteiger partial charge on any atom is 0.272 e. The van der Waals surface area contributed by atoms with Crippen molar-refractivity contribution in [3.63, 3.8) is 0 Å². The van der Waals surface area contributed by atoms with E-state index in [4.69, 9.17) is 35.3 Å². The number of hydrogen-bond donors (Lipinski definition) is 1. The molecule has 11 heteroatoms. The Kier molecular flexibility index (Phi) is 15.3. The van der Waals surface area contributed by atoms with Crippen LogP contribution in [0.5, 0.6) is 0 Å². The van der Waals surface area contributed by atoms with Gasteiger partial charge in [0.1, 0.15) is 36.3 Å². The van der Waals surface area contributed by atoms with E-state index in [2.05, 4.69) is 15.5 Å². The molecule has 10 nitrogen and oxygen atoms in total. The number of hydrogen-bond acceptors (Lipinski definition) is 9. The highest BCUT2D eigenvalue weighted by Gasteiger charge is 2.49. The van der Waals surface area contributed by atoms with Crippen LogP contribution in [0.1, 0.15) is 62.6 Å². The van der Waals surface area contributed by atoms with Gasteiger partial charge >= 0.3 is 0 Å². The summed E-state index contributed by atoms with van der Waals surface area (Å²) < 4.78 is 34.2. The topological polar surface area (TPSA) is 118 Å². The molecule has 308 valence electrons. The third-order valence-corrected chi connectivity index (χ3v) is 10.5. The zero-order valence-corrected chi connectivity index (χ0v) is 34.2. The van der Waals surface area contributed by atoms with E-state index >= 15 is 0 Å². The van der Waals surface area contributed by atoms with Crippen molar-refractivity contribution in [2.45, 2.75) is 70.3 Å². The zero-order valence-electron chi connectivity index (χ0n) is 33.4. The van der Waals surface area contributed by atoms with E-state index in [9.17, 15) is 9.59 Å². The molecule has 1 fully saturated rings. The average molecular weight is 826 g/mol. The number of nitrogens with zero attached hydrogens (tertiary/aromatic N) is 2. The number of nitrogens with one attached hydrogen (secondary N) is 1. The molecule has 0 aliphatic carbocycles. The van der Waals surface area contributed by atoms with E-state index in [1.165, 1.54) is 6.92 Å². The van der Waals surface area contributed by atoms with E-state index in [0.29, 0.717) is 43.6 Å². The Morgan fingerprint density at radius 3 is 1.70 bits per heavy atom. The van der Waals surface area contributed by atoms with Crippen molar-refractivity contribution in [2.75, 3.05) is 13.2 Å². The van der Waals surface area contributed by atoms with Crippen LogP contribution in [-0.4, -0.2) is 59.5 Å². The number of amides is 1. The summed E-state index contributed by atoms with van der Waals surface area (Å²) in [6.07, 6.45) is -2.69. The number of Topliss-reactive ketones (excluding diaryl/α,β-unsaturated/α-hetero) is 1. The second-order valence-electron chi connectivity index (χ2n) is 14.7. The lowest BCUT2D eigenvalue weighted by Gasteiger charge is -2.46. The zero-order chi connectivity index (χ0) is 41.5. The second-order valence-corrected chi connectivity index (χ2v) is 15.1. The molecule has 60 heavy (non-hydrogen) atoms. The summed E-state index contributed by atoms with van der Waals surface area (Å²) in [6, 6.07) is 49.2. The Labute approximate surface area is 355 Å². The van der Waals surface area contributed by atoms with Crippen LogP contribution in [-0.2, 0) is 61.3 Å². The van der Waals surface area contributed by atoms with Crippen LogP contribution in [0, 0.1) is 0 Å². The number of rotatable bonds is 19. The third kappa shape index (κ3) is 12.0. The molecule has 6 aromatic rings. The van der Waals surface area contributed by atoms with E-state index in [0.717, 1.165) is 33.4 Å². The molecule has 5 atom stereocenters. The van der Waals surface area contributed by atoms with Gasteiger partial charge in [-0.05, 0) is 58.5 Å².